The number of hydrazine groups is 1. The summed E-state index contributed by atoms with van der Waals surface area (Å²) < 4.78 is 0. The van der Waals surface area contributed by atoms with Crippen LogP contribution in [0, 0.1) is 4.91 Å². The Balaban J connectivity index is 1.73. The van der Waals surface area contributed by atoms with Crippen molar-refractivity contribution in [3.8, 4) is 0 Å². The number of hydrogen-bond acceptors (Lipinski definition) is 8. The summed E-state index contributed by atoms with van der Waals surface area (Å²) in [7, 11) is 0. The van der Waals surface area contributed by atoms with Gasteiger partial charge in [-0.05, 0) is 48.7 Å². The summed E-state index contributed by atoms with van der Waals surface area (Å²) in [6.07, 6.45) is 5.03. The lowest BCUT2D eigenvalue weighted by Crippen LogP contribution is -2.55. The molecule has 2 amide bonds. The van der Waals surface area contributed by atoms with E-state index in [4.69, 9.17) is 16.4 Å². The van der Waals surface area contributed by atoms with Crippen LogP contribution in [0.4, 0.5) is 23.0 Å². The first-order valence-corrected chi connectivity index (χ1v) is 10.7. The number of amides is 2. The first-order chi connectivity index (χ1) is 16.0. The molecule has 0 spiro atoms. The fourth-order valence-electron chi connectivity index (χ4n) is 4.40. The average Bonchev–Trinajstić information content (AvgIpc) is 2.86. The summed E-state index contributed by atoms with van der Waals surface area (Å²) in [5.74, 6) is 6.09. The van der Waals surface area contributed by atoms with E-state index < -0.39 is 11.9 Å². The number of fused-ring (bicyclic) bond motifs is 1. The molecule has 0 bridgehead atoms. The molecule has 4 rings (SSSR count). The smallest absolute Gasteiger partial charge is 0.316 e. The normalized spacial score (nSPS) is 18.0. The molecule has 1 aliphatic carbocycles. The highest BCUT2D eigenvalue weighted by molar-refractivity contribution is 6.03. The van der Waals surface area contributed by atoms with Crippen LogP contribution < -0.4 is 21.1 Å². The predicted molar refractivity (Wildman–Crippen MR) is 123 cm³/mol. The molecule has 12 heteroatoms. The Labute approximate surface area is 189 Å². The Morgan fingerprint density at radius 2 is 2.06 bits per heavy atom. The van der Waals surface area contributed by atoms with E-state index in [2.05, 4.69) is 20.5 Å². The number of anilines is 4. The number of carbonyl (C=O) groups excluding carboxylic acids is 2. The van der Waals surface area contributed by atoms with Crippen LogP contribution in [0.1, 0.15) is 42.5 Å². The third-order valence-electron chi connectivity index (χ3n) is 5.99. The lowest BCUT2D eigenvalue weighted by Gasteiger charge is -2.43. The Bertz CT molecular complexity index is 1130. The van der Waals surface area contributed by atoms with E-state index in [0.717, 1.165) is 32.1 Å². The van der Waals surface area contributed by atoms with E-state index >= 15 is 0 Å². The van der Waals surface area contributed by atoms with Crippen LogP contribution in [0.15, 0.2) is 46.7 Å². The predicted octanol–water partition coefficient (Wildman–Crippen LogP) is 3.77. The van der Waals surface area contributed by atoms with Crippen molar-refractivity contribution in [1.82, 2.24) is 4.98 Å². The van der Waals surface area contributed by atoms with Crippen molar-refractivity contribution in [2.75, 3.05) is 21.8 Å². The molecule has 1 aromatic heterocycles. The van der Waals surface area contributed by atoms with Gasteiger partial charge in [-0.3, -0.25) is 14.6 Å². The Morgan fingerprint density at radius 1 is 1.27 bits per heavy atom. The lowest BCUT2D eigenvalue weighted by molar-refractivity contribution is -0.117. The Morgan fingerprint density at radius 3 is 2.79 bits per heavy atom. The second-order valence-corrected chi connectivity index (χ2v) is 7.97. The Kier molecular flexibility index (Phi) is 6.48. The van der Waals surface area contributed by atoms with Crippen LogP contribution in [0.3, 0.4) is 0 Å². The van der Waals surface area contributed by atoms with Crippen molar-refractivity contribution in [1.29, 1.82) is 0 Å². The first kappa shape index (κ1) is 22.2. The minimum atomic E-state index is -0.893. The number of nitrogens with one attached hydrogen (secondary N) is 1. The summed E-state index contributed by atoms with van der Waals surface area (Å²) in [6, 6.07) is 8.97. The van der Waals surface area contributed by atoms with Crippen molar-refractivity contribution >= 4 is 34.8 Å². The lowest BCUT2D eigenvalue weighted by atomic mass is 9.92. The second-order valence-electron chi connectivity index (χ2n) is 7.97. The average molecular weight is 449 g/mol. The number of aromatic nitrogens is 1. The van der Waals surface area contributed by atoms with Gasteiger partial charge in [-0.1, -0.05) is 30.4 Å². The summed E-state index contributed by atoms with van der Waals surface area (Å²) in [5.41, 5.74) is 9.92. The summed E-state index contributed by atoms with van der Waals surface area (Å²) in [6.45, 7) is -0.0145. The number of azide groups is 1. The van der Waals surface area contributed by atoms with Crippen molar-refractivity contribution < 1.29 is 9.59 Å². The number of benzene rings is 1. The number of rotatable bonds is 6. The van der Waals surface area contributed by atoms with E-state index in [-0.39, 0.29) is 24.1 Å². The highest BCUT2D eigenvalue weighted by Gasteiger charge is 2.38. The van der Waals surface area contributed by atoms with Gasteiger partial charge in [0.25, 0.3) is 0 Å². The van der Waals surface area contributed by atoms with Crippen molar-refractivity contribution in [3.05, 3.63) is 57.3 Å². The number of nitrogens with two attached hydrogens (primary N) is 1. The van der Waals surface area contributed by atoms with Gasteiger partial charge < -0.3 is 10.2 Å². The van der Waals surface area contributed by atoms with E-state index in [1.165, 1.54) is 17.1 Å². The molecule has 1 aromatic carbocycles. The minimum absolute atomic E-state index is 0.0145. The topological polar surface area (TPSA) is 170 Å². The highest BCUT2D eigenvalue weighted by Crippen LogP contribution is 2.38. The number of pyridine rings is 1. The third-order valence-corrected chi connectivity index (χ3v) is 5.99. The molecular formula is C21H23N9O3. The van der Waals surface area contributed by atoms with Crippen LogP contribution in [-0.2, 0) is 4.79 Å². The van der Waals surface area contributed by atoms with Gasteiger partial charge in [0, 0.05) is 21.7 Å². The molecule has 0 unspecified atom stereocenters. The monoisotopic (exact) mass is 449 g/mol. The van der Waals surface area contributed by atoms with Gasteiger partial charge in [-0.25, -0.2) is 10.8 Å². The molecule has 170 valence electrons. The maximum atomic E-state index is 12.8. The molecule has 1 fully saturated rings. The van der Waals surface area contributed by atoms with Gasteiger partial charge in [0.05, 0.1) is 17.9 Å². The fraction of sp³-hybridized carbons (Fsp3) is 0.381. The van der Waals surface area contributed by atoms with Gasteiger partial charge in [0.1, 0.15) is 11.9 Å². The van der Waals surface area contributed by atoms with Gasteiger partial charge >= 0.3 is 5.91 Å². The molecule has 3 N–H and O–H groups in total. The largest absolute Gasteiger partial charge is 0.340 e. The molecule has 2 heterocycles. The third kappa shape index (κ3) is 4.47. The van der Waals surface area contributed by atoms with Crippen LogP contribution in [-0.4, -0.2) is 35.4 Å². The zero-order valence-electron chi connectivity index (χ0n) is 17.8. The molecule has 0 radical (unpaired) electrons. The quantitative estimate of drug-likeness (QED) is 0.169. The standard InChI is InChI=1S/C21H23N9O3/c22-28-24-12-17-21(32)25-16-9-10-18(26-19(16)29(17)14-6-2-1-3-7-14)30(23)15-8-4-5-13(11-15)20(31)27-33/h4-5,8-11,14,17H,1-3,6-7,12,23H2,(H,25,32)/t17-/m1/s1. The van der Waals surface area contributed by atoms with Gasteiger partial charge in [0.15, 0.2) is 5.82 Å². The van der Waals surface area contributed by atoms with Crippen molar-refractivity contribution in [2.24, 2.45) is 16.1 Å². The summed E-state index contributed by atoms with van der Waals surface area (Å²) >= 11 is 0. The summed E-state index contributed by atoms with van der Waals surface area (Å²) in [5, 5.41) is 10.2. The molecule has 0 saturated heterocycles. The zero-order chi connectivity index (χ0) is 23.4. The number of nitrogens with zero attached hydrogens (tertiary/aromatic N) is 7. The Hall–Kier alpha value is -4.02. The van der Waals surface area contributed by atoms with Gasteiger partial charge in [-0.15, -0.1) is 4.91 Å². The number of hydrogen-bond donors (Lipinski definition) is 2. The van der Waals surface area contributed by atoms with E-state index in [1.54, 1.807) is 24.3 Å². The van der Waals surface area contributed by atoms with E-state index in [9.17, 15) is 14.5 Å². The number of carbonyl (C=O) groups is 2. The maximum Gasteiger partial charge on any atom is 0.316 e. The minimum Gasteiger partial charge on any atom is -0.340 e. The van der Waals surface area contributed by atoms with Gasteiger partial charge in [0.2, 0.25) is 5.91 Å². The molecule has 33 heavy (non-hydrogen) atoms. The maximum absolute atomic E-state index is 12.8. The zero-order valence-corrected chi connectivity index (χ0v) is 17.8. The first-order valence-electron chi connectivity index (χ1n) is 10.7. The molecule has 1 saturated carbocycles. The van der Waals surface area contributed by atoms with Crippen LogP contribution >= 0.6 is 0 Å². The van der Waals surface area contributed by atoms with Crippen LogP contribution in [0.2, 0.25) is 0 Å². The molecule has 1 aliphatic heterocycles. The SMILES string of the molecule is [N-]=[N+]=NC[C@@H]1C(=O)Nc2ccc(N(N)c3cccc(C(=O)N=O)c3)nc2N1C1CCCCC1. The van der Waals surface area contributed by atoms with E-state index in [1.807, 2.05) is 4.90 Å². The molecule has 2 aromatic rings. The molecule has 2 aliphatic rings. The molecule has 12 nitrogen and oxygen atoms in total. The number of nitroso groups, excluding NO2 is 1. The van der Waals surface area contributed by atoms with Crippen molar-refractivity contribution in [3.63, 3.8) is 0 Å². The fourth-order valence-corrected chi connectivity index (χ4v) is 4.40. The van der Waals surface area contributed by atoms with Crippen molar-refractivity contribution in [2.45, 2.75) is 44.2 Å². The van der Waals surface area contributed by atoms with Crippen LogP contribution in [0.25, 0.3) is 10.4 Å². The summed E-state index contributed by atoms with van der Waals surface area (Å²) in [4.78, 5) is 44.6. The molecule has 1 atom stereocenters. The van der Waals surface area contributed by atoms with E-state index in [0.29, 0.717) is 23.0 Å². The second kappa shape index (κ2) is 9.63. The van der Waals surface area contributed by atoms with Gasteiger partial charge in [-0.2, -0.15) is 0 Å². The highest BCUT2D eigenvalue weighted by atomic mass is 16.3. The van der Waals surface area contributed by atoms with Crippen LogP contribution in [0.5, 0.6) is 0 Å². The molecular weight excluding hydrogens is 426 g/mol.